The molecule has 7 heteroatoms. The molecule has 0 aliphatic rings. The second-order valence-electron chi connectivity index (χ2n) is 2.98. The lowest BCUT2D eigenvalue weighted by atomic mass is 10.3. The molecular weight excluding hydrogens is 184 g/mol. The van der Waals surface area contributed by atoms with E-state index >= 15 is 0 Å². The van der Waals surface area contributed by atoms with E-state index in [1.54, 1.807) is 10.9 Å². The van der Waals surface area contributed by atoms with Crippen molar-refractivity contribution in [2.75, 3.05) is 0 Å². The van der Waals surface area contributed by atoms with E-state index in [1.165, 1.54) is 6.39 Å². The van der Waals surface area contributed by atoms with E-state index in [0.29, 0.717) is 12.4 Å². The molecule has 2 N–H and O–H groups in total. The summed E-state index contributed by atoms with van der Waals surface area (Å²) in [5.41, 5.74) is 6.38. The molecule has 0 aromatic carbocycles. The lowest BCUT2D eigenvalue weighted by molar-refractivity contribution is 0.406. The predicted molar refractivity (Wildman–Crippen MR) is 46.0 cm³/mol. The summed E-state index contributed by atoms with van der Waals surface area (Å²) >= 11 is 0. The van der Waals surface area contributed by atoms with Crippen molar-refractivity contribution in [1.82, 2.24) is 25.1 Å². The SMILES string of the molecule is C[C@@H](N)c1cn(Cc2ncon2)nn1. The van der Waals surface area contributed by atoms with Crippen LogP contribution in [0.2, 0.25) is 0 Å². The summed E-state index contributed by atoms with van der Waals surface area (Å²) in [6, 6.07) is -0.117. The Bertz CT molecular complexity index is 392. The Labute approximate surface area is 79.9 Å². The van der Waals surface area contributed by atoms with Crippen molar-refractivity contribution in [3.8, 4) is 0 Å². The Morgan fingerprint density at radius 2 is 2.50 bits per heavy atom. The van der Waals surface area contributed by atoms with Crippen LogP contribution < -0.4 is 5.73 Å². The van der Waals surface area contributed by atoms with E-state index in [9.17, 15) is 0 Å². The summed E-state index contributed by atoms with van der Waals surface area (Å²) in [4.78, 5) is 3.87. The smallest absolute Gasteiger partial charge is 0.213 e. The summed E-state index contributed by atoms with van der Waals surface area (Å²) in [7, 11) is 0. The number of rotatable bonds is 3. The fourth-order valence-corrected chi connectivity index (χ4v) is 1.01. The van der Waals surface area contributed by atoms with Crippen LogP contribution in [0.1, 0.15) is 24.5 Å². The molecule has 0 radical (unpaired) electrons. The minimum atomic E-state index is -0.117. The number of nitrogens with zero attached hydrogens (tertiary/aromatic N) is 5. The van der Waals surface area contributed by atoms with E-state index < -0.39 is 0 Å². The summed E-state index contributed by atoms with van der Waals surface area (Å²) in [6.07, 6.45) is 3.04. The molecule has 2 aromatic heterocycles. The van der Waals surface area contributed by atoms with Gasteiger partial charge in [0, 0.05) is 6.04 Å². The predicted octanol–water partition coefficient (Wildman–Crippen LogP) is -0.271. The maximum atomic E-state index is 5.63. The first-order valence-corrected chi connectivity index (χ1v) is 4.16. The quantitative estimate of drug-likeness (QED) is 0.722. The standard InChI is InChI=1S/C7H10N6O/c1-5(8)6-2-13(12-10-6)3-7-9-4-14-11-7/h2,4-5H,3,8H2,1H3/t5-/m1/s1. The van der Waals surface area contributed by atoms with Crippen LogP contribution >= 0.6 is 0 Å². The fraction of sp³-hybridized carbons (Fsp3) is 0.429. The molecule has 0 saturated carbocycles. The molecule has 0 unspecified atom stereocenters. The first-order valence-electron chi connectivity index (χ1n) is 4.16. The first-order chi connectivity index (χ1) is 6.75. The molecule has 7 nitrogen and oxygen atoms in total. The average Bonchev–Trinajstić information content (AvgIpc) is 2.75. The first kappa shape index (κ1) is 8.82. The maximum Gasteiger partial charge on any atom is 0.213 e. The molecule has 0 bridgehead atoms. The molecule has 1 atom stereocenters. The third-order valence-electron chi connectivity index (χ3n) is 1.73. The van der Waals surface area contributed by atoms with Gasteiger partial charge in [0.1, 0.15) is 6.54 Å². The van der Waals surface area contributed by atoms with Crippen LogP contribution in [0.5, 0.6) is 0 Å². The molecule has 74 valence electrons. The Kier molecular flexibility index (Phi) is 2.23. The van der Waals surface area contributed by atoms with Crippen molar-refractivity contribution in [3.05, 3.63) is 24.1 Å². The average molecular weight is 194 g/mol. The highest BCUT2D eigenvalue weighted by Crippen LogP contribution is 2.04. The molecule has 0 spiro atoms. The van der Waals surface area contributed by atoms with E-state index in [1.807, 2.05) is 6.92 Å². The van der Waals surface area contributed by atoms with Crippen LogP contribution in [-0.4, -0.2) is 25.1 Å². The summed E-state index contributed by atoms with van der Waals surface area (Å²) in [6.45, 7) is 2.29. The number of aromatic nitrogens is 5. The zero-order valence-electron chi connectivity index (χ0n) is 7.66. The monoisotopic (exact) mass is 194 g/mol. The van der Waals surface area contributed by atoms with Gasteiger partial charge in [0.05, 0.1) is 11.9 Å². The Balaban J connectivity index is 2.11. The van der Waals surface area contributed by atoms with Crippen LogP contribution in [-0.2, 0) is 6.54 Å². The van der Waals surface area contributed by atoms with Gasteiger partial charge in [-0.15, -0.1) is 5.10 Å². The lowest BCUT2D eigenvalue weighted by Crippen LogP contribution is -2.05. The normalized spacial score (nSPS) is 13.0. The Hall–Kier alpha value is -1.76. The van der Waals surface area contributed by atoms with Gasteiger partial charge in [-0.2, -0.15) is 4.98 Å². The molecular formula is C7H10N6O. The zero-order chi connectivity index (χ0) is 9.97. The van der Waals surface area contributed by atoms with Crippen molar-refractivity contribution < 1.29 is 4.52 Å². The van der Waals surface area contributed by atoms with Gasteiger partial charge < -0.3 is 10.3 Å². The molecule has 0 aliphatic heterocycles. The Morgan fingerprint density at radius 3 is 3.07 bits per heavy atom. The third-order valence-corrected chi connectivity index (χ3v) is 1.73. The van der Waals surface area contributed by atoms with E-state index in [0.717, 1.165) is 5.69 Å². The van der Waals surface area contributed by atoms with Gasteiger partial charge in [-0.05, 0) is 6.92 Å². The highest BCUT2D eigenvalue weighted by atomic mass is 16.5. The van der Waals surface area contributed by atoms with Gasteiger partial charge in [0.25, 0.3) is 0 Å². The molecule has 0 aliphatic carbocycles. The van der Waals surface area contributed by atoms with Crippen molar-refractivity contribution in [2.24, 2.45) is 5.73 Å². The van der Waals surface area contributed by atoms with E-state index in [-0.39, 0.29) is 6.04 Å². The van der Waals surface area contributed by atoms with Gasteiger partial charge in [-0.3, -0.25) is 0 Å². The number of hydrogen-bond acceptors (Lipinski definition) is 6. The van der Waals surface area contributed by atoms with E-state index in [2.05, 4.69) is 25.0 Å². The van der Waals surface area contributed by atoms with E-state index in [4.69, 9.17) is 5.73 Å². The molecule has 0 fully saturated rings. The molecule has 2 aromatic rings. The van der Waals surface area contributed by atoms with Crippen LogP contribution in [0.25, 0.3) is 0 Å². The highest BCUT2D eigenvalue weighted by Gasteiger charge is 2.06. The molecule has 14 heavy (non-hydrogen) atoms. The minimum absolute atomic E-state index is 0.117. The van der Waals surface area contributed by atoms with Gasteiger partial charge in [-0.1, -0.05) is 10.4 Å². The summed E-state index contributed by atoms with van der Waals surface area (Å²) in [5, 5.41) is 11.4. The van der Waals surface area contributed by atoms with Gasteiger partial charge in [-0.25, -0.2) is 4.68 Å². The topological polar surface area (TPSA) is 95.7 Å². The third kappa shape index (κ3) is 1.77. The molecule has 0 saturated heterocycles. The second kappa shape index (κ2) is 3.54. The highest BCUT2D eigenvalue weighted by molar-refractivity contribution is 4.98. The minimum Gasteiger partial charge on any atom is -0.343 e. The fourth-order valence-electron chi connectivity index (χ4n) is 1.01. The summed E-state index contributed by atoms with van der Waals surface area (Å²) in [5.74, 6) is 0.561. The maximum absolute atomic E-state index is 5.63. The number of hydrogen-bond donors (Lipinski definition) is 1. The second-order valence-corrected chi connectivity index (χ2v) is 2.98. The van der Waals surface area contributed by atoms with Crippen molar-refractivity contribution in [3.63, 3.8) is 0 Å². The van der Waals surface area contributed by atoms with Crippen LogP contribution in [0.15, 0.2) is 17.1 Å². The molecule has 2 heterocycles. The van der Waals surface area contributed by atoms with Gasteiger partial charge >= 0.3 is 0 Å². The van der Waals surface area contributed by atoms with Crippen molar-refractivity contribution in [1.29, 1.82) is 0 Å². The van der Waals surface area contributed by atoms with Crippen molar-refractivity contribution >= 4 is 0 Å². The zero-order valence-corrected chi connectivity index (χ0v) is 7.66. The van der Waals surface area contributed by atoms with Crippen LogP contribution in [0, 0.1) is 0 Å². The largest absolute Gasteiger partial charge is 0.343 e. The van der Waals surface area contributed by atoms with Gasteiger partial charge in [0.2, 0.25) is 6.39 Å². The summed E-state index contributed by atoms with van der Waals surface area (Å²) < 4.78 is 6.21. The Morgan fingerprint density at radius 1 is 1.64 bits per heavy atom. The molecule has 2 rings (SSSR count). The van der Waals surface area contributed by atoms with Gasteiger partial charge in [0.15, 0.2) is 5.82 Å². The lowest BCUT2D eigenvalue weighted by Gasteiger charge is -1.95. The van der Waals surface area contributed by atoms with Crippen molar-refractivity contribution in [2.45, 2.75) is 19.5 Å². The van der Waals surface area contributed by atoms with Crippen LogP contribution in [0.3, 0.4) is 0 Å². The van der Waals surface area contributed by atoms with Crippen LogP contribution in [0.4, 0.5) is 0 Å². The number of nitrogens with two attached hydrogens (primary N) is 1. The molecule has 0 amide bonds.